The van der Waals surface area contributed by atoms with Crippen LogP contribution in [0.4, 0.5) is 5.69 Å². The van der Waals surface area contributed by atoms with Crippen molar-refractivity contribution >= 4 is 23.0 Å². The van der Waals surface area contributed by atoms with Crippen molar-refractivity contribution < 1.29 is 0 Å². The van der Waals surface area contributed by atoms with E-state index in [0.29, 0.717) is 11.7 Å². The van der Waals surface area contributed by atoms with Crippen LogP contribution in [0.5, 0.6) is 0 Å². The first-order valence-corrected chi connectivity index (χ1v) is 9.08. The Morgan fingerprint density at radius 2 is 1.65 bits per heavy atom. The van der Waals surface area contributed by atoms with E-state index in [1.54, 1.807) is 6.20 Å². The molecule has 1 heterocycles. The van der Waals surface area contributed by atoms with E-state index in [4.69, 9.17) is 12.2 Å². The molecule has 3 rings (SSSR count). The molecule has 1 aromatic heterocycles. The summed E-state index contributed by atoms with van der Waals surface area (Å²) in [5.41, 5.74) is 5.83. The molecule has 0 saturated heterocycles. The van der Waals surface area contributed by atoms with E-state index in [1.165, 1.54) is 16.7 Å². The summed E-state index contributed by atoms with van der Waals surface area (Å²) in [4.78, 5) is 6.39. The first-order chi connectivity index (χ1) is 12.6. The second-order valence-corrected chi connectivity index (χ2v) is 6.83. The Hall–Kier alpha value is -2.72. The van der Waals surface area contributed by atoms with Crippen LogP contribution in [0.3, 0.4) is 0 Å². The Morgan fingerprint density at radius 1 is 0.923 bits per heavy atom. The van der Waals surface area contributed by atoms with Crippen LogP contribution in [0, 0.1) is 13.8 Å². The Morgan fingerprint density at radius 3 is 2.35 bits per heavy atom. The normalized spacial score (nSPS) is 10.4. The molecular weight excluding hydrogens is 338 g/mol. The molecule has 0 unspecified atom stereocenters. The van der Waals surface area contributed by atoms with Gasteiger partial charge in [0.1, 0.15) is 0 Å². The highest BCUT2D eigenvalue weighted by molar-refractivity contribution is 7.80. The van der Waals surface area contributed by atoms with E-state index in [9.17, 15) is 0 Å². The topological polar surface area (TPSA) is 28.2 Å². The molecule has 26 heavy (non-hydrogen) atoms. The van der Waals surface area contributed by atoms with Crippen molar-refractivity contribution in [1.82, 2.24) is 9.88 Å². The SMILES string of the molecule is Cc1ccc(CN(Cc2cccnc2)C(=S)Nc2ccccc2C)cc1. The molecule has 3 nitrogen and oxygen atoms in total. The van der Waals surface area contributed by atoms with E-state index in [2.05, 4.69) is 71.5 Å². The predicted octanol–water partition coefficient (Wildman–Crippen LogP) is 5.10. The maximum atomic E-state index is 5.74. The zero-order valence-corrected chi connectivity index (χ0v) is 16.0. The summed E-state index contributed by atoms with van der Waals surface area (Å²) in [6.07, 6.45) is 3.68. The smallest absolute Gasteiger partial charge is 0.174 e. The number of rotatable bonds is 5. The molecule has 0 radical (unpaired) electrons. The van der Waals surface area contributed by atoms with Gasteiger partial charge in [0.25, 0.3) is 0 Å². The van der Waals surface area contributed by atoms with Crippen LogP contribution in [0.2, 0.25) is 0 Å². The molecule has 3 aromatic rings. The van der Waals surface area contributed by atoms with Crippen LogP contribution in [0.25, 0.3) is 0 Å². The molecule has 0 aliphatic heterocycles. The van der Waals surface area contributed by atoms with Gasteiger partial charge in [0.2, 0.25) is 0 Å². The Labute approximate surface area is 160 Å². The van der Waals surface area contributed by atoms with Crippen LogP contribution in [-0.4, -0.2) is 15.0 Å². The van der Waals surface area contributed by atoms with Gasteiger partial charge < -0.3 is 10.2 Å². The van der Waals surface area contributed by atoms with E-state index in [1.807, 2.05) is 24.4 Å². The maximum Gasteiger partial charge on any atom is 0.174 e. The highest BCUT2D eigenvalue weighted by Crippen LogP contribution is 2.17. The van der Waals surface area contributed by atoms with E-state index in [-0.39, 0.29) is 0 Å². The van der Waals surface area contributed by atoms with Crippen molar-refractivity contribution in [2.75, 3.05) is 5.32 Å². The quantitative estimate of drug-likeness (QED) is 0.640. The Balaban J connectivity index is 1.80. The average Bonchev–Trinajstić information content (AvgIpc) is 2.65. The number of benzene rings is 2. The number of nitrogens with zero attached hydrogens (tertiary/aromatic N) is 2. The van der Waals surface area contributed by atoms with E-state index >= 15 is 0 Å². The van der Waals surface area contributed by atoms with Crippen LogP contribution >= 0.6 is 12.2 Å². The number of nitrogens with one attached hydrogen (secondary N) is 1. The van der Waals surface area contributed by atoms with Crippen molar-refractivity contribution in [2.45, 2.75) is 26.9 Å². The standard InChI is InChI=1S/C22H23N3S/c1-17-9-11-19(12-10-17)15-25(16-20-7-5-13-23-14-20)22(26)24-21-8-4-3-6-18(21)2/h3-14H,15-16H2,1-2H3,(H,24,26). The lowest BCUT2D eigenvalue weighted by atomic mass is 10.1. The molecule has 0 spiro atoms. The van der Waals surface area contributed by atoms with Gasteiger partial charge >= 0.3 is 0 Å². The summed E-state index contributed by atoms with van der Waals surface area (Å²) in [6.45, 7) is 5.63. The molecular formula is C22H23N3S. The van der Waals surface area contributed by atoms with E-state index < -0.39 is 0 Å². The predicted molar refractivity (Wildman–Crippen MR) is 112 cm³/mol. The molecule has 0 saturated carbocycles. The molecule has 132 valence electrons. The fraction of sp³-hybridized carbons (Fsp3) is 0.182. The number of hydrogen-bond donors (Lipinski definition) is 1. The molecule has 0 aliphatic carbocycles. The number of thiocarbonyl (C=S) groups is 1. The lowest BCUT2D eigenvalue weighted by molar-refractivity contribution is 0.412. The van der Waals surface area contributed by atoms with Gasteiger partial charge in [-0.25, -0.2) is 0 Å². The van der Waals surface area contributed by atoms with Gasteiger partial charge in [-0.1, -0.05) is 54.1 Å². The van der Waals surface area contributed by atoms with Crippen molar-refractivity contribution in [3.63, 3.8) is 0 Å². The third-order valence-electron chi connectivity index (χ3n) is 4.26. The largest absolute Gasteiger partial charge is 0.340 e. The maximum absolute atomic E-state index is 5.74. The zero-order valence-electron chi connectivity index (χ0n) is 15.1. The minimum Gasteiger partial charge on any atom is -0.340 e. The number of anilines is 1. The van der Waals surface area contributed by atoms with Crippen molar-refractivity contribution in [3.05, 3.63) is 95.3 Å². The monoisotopic (exact) mass is 361 g/mol. The minimum atomic E-state index is 0.708. The molecule has 0 bridgehead atoms. The van der Waals surface area contributed by atoms with E-state index in [0.717, 1.165) is 17.8 Å². The first-order valence-electron chi connectivity index (χ1n) is 8.68. The lowest BCUT2D eigenvalue weighted by Gasteiger charge is -2.26. The van der Waals surface area contributed by atoms with Crippen molar-refractivity contribution in [1.29, 1.82) is 0 Å². The number of pyridine rings is 1. The summed E-state index contributed by atoms with van der Waals surface area (Å²) in [5, 5.41) is 4.11. The van der Waals surface area contributed by atoms with Crippen LogP contribution in [0.1, 0.15) is 22.3 Å². The number of hydrogen-bond acceptors (Lipinski definition) is 2. The fourth-order valence-corrected chi connectivity index (χ4v) is 2.97. The summed E-state index contributed by atoms with van der Waals surface area (Å²) < 4.78 is 0. The van der Waals surface area contributed by atoms with Gasteiger partial charge in [0.05, 0.1) is 0 Å². The highest BCUT2D eigenvalue weighted by Gasteiger charge is 2.12. The average molecular weight is 362 g/mol. The van der Waals surface area contributed by atoms with Gasteiger partial charge in [0, 0.05) is 31.2 Å². The first kappa shape index (κ1) is 18.1. The number of para-hydroxylation sites is 1. The van der Waals surface area contributed by atoms with Crippen molar-refractivity contribution in [3.8, 4) is 0 Å². The number of aromatic nitrogens is 1. The lowest BCUT2D eigenvalue weighted by Crippen LogP contribution is -2.34. The minimum absolute atomic E-state index is 0.708. The van der Waals surface area contributed by atoms with Crippen LogP contribution in [0.15, 0.2) is 73.1 Å². The van der Waals surface area contributed by atoms with Crippen molar-refractivity contribution in [2.24, 2.45) is 0 Å². The Kier molecular flexibility index (Phi) is 5.97. The van der Waals surface area contributed by atoms with Gasteiger partial charge in [-0.3, -0.25) is 4.98 Å². The van der Waals surface area contributed by atoms with Gasteiger partial charge in [-0.15, -0.1) is 0 Å². The molecule has 4 heteroatoms. The highest BCUT2D eigenvalue weighted by atomic mass is 32.1. The molecule has 0 amide bonds. The molecule has 0 atom stereocenters. The van der Waals surface area contributed by atoms with Crippen LogP contribution in [-0.2, 0) is 13.1 Å². The van der Waals surface area contributed by atoms with Gasteiger partial charge in [-0.2, -0.15) is 0 Å². The second-order valence-electron chi connectivity index (χ2n) is 6.45. The summed E-state index contributed by atoms with van der Waals surface area (Å²) in [5.74, 6) is 0. The fourth-order valence-electron chi connectivity index (χ4n) is 2.73. The molecule has 2 aromatic carbocycles. The third kappa shape index (κ3) is 4.90. The van der Waals surface area contributed by atoms with Gasteiger partial charge in [0.15, 0.2) is 5.11 Å². The Bertz CT molecular complexity index is 860. The zero-order chi connectivity index (χ0) is 18.4. The third-order valence-corrected chi connectivity index (χ3v) is 4.62. The summed E-state index contributed by atoms with van der Waals surface area (Å²) >= 11 is 5.74. The molecule has 1 N–H and O–H groups in total. The summed E-state index contributed by atoms with van der Waals surface area (Å²) in [7, 11) is 0. The number of aryl methyl sites for hydroxylation is 2. The van der Waals surface area contributed by atoms with Gasteiger partial charge in [-0.05, 0) is 54.9 Å². The van der Waals surface area contributed by atoms with Crippen LogP contribution < -0.4 is 5.32 Å². The summed E-state index contributed by atoms with van der Waals surface area (Å²) in [6, 6.07) is 20.8. The molecule has 0 fully saturated rings. The molecule has 0 aliphatic rings. The second kappa shape index (κ2) is 8.59.